The van der Waals surface area contributed by atoms with Gasteiger partial charge in [-0.25, -0.2) is 19.7 Å². The summed E-state index contributed by atoms with van der Waals surface area (Å²) in [5.74, 6) is 0.241. The Bertz CT molecular complexity index is 2290. The van der Waals surface area contributed by atoms with Crippen molar-refractivity contribution in [3.63, 3.8) is 0 Å². The van der Waals surface area contributed by atoms with Crippen LogP contribution >= 0.6 is 0 Å². The molecular weight excluding hydrogens is 763 g/mol. The van der Waals surface area contributed by atoms with E-state index >= 15 is 0 Å². The van der Waals surface area contributed by atoms with Crippen molar-refractivity contribution in [1.82, 2.24) is 30.2 Å². The van der Waals surface area contributed by atoms with E-state index in [2.05, 4.69) is 35.8 Å². The number of carbonyl (C=O) groups excluding carboxylic acids is 4. The lowest BCUT2D eigenvalue weighted by Crippen LogP contribution is -2.50. The van der Waals surface area contributed by atoms with Gasteiger partial charge in [-0.3, -0.25) is 19.4 Å². The molecule has 1 aliphatic rings. The summed E-state index contributed by atoms with van der Waals surface area (Å²) in [4.78, 5) is 74.7. The Morgan fingerprint density at radius 3 is 2.13 bits per heavy atom. The van der Waals surface area contributed by atoms with Crippen LogP contribution in [0.4, 0.5) is 27.9 Å². The Hall–Kier alpha value is -6.90. The lowest BCUT2D eigenvalue weighted by molar-refractivity contribution is -0.155. The van der Waals surface area contributed by atoms with Crippen LogP contribution in [0.5, 0.6) is 0 Å². The average molecular weight is 814 g/mol. The highest BCUT2D eigenvalue weighted by Gasteiger charge is 2.27. The molecule has 312 valence electrons. The van der Waals surface area contributed by atoms with E-state index in [4.69, 9.17) is 14.5 Å². The second kappa shape index (κ2) is 18.8. The number of esters is 1. The maximum atomic E-state index is 13.8. The fraction of sp³-hybridized carbons (Fsp3) is 0.333. The normalized spacial score (nSPS) is 13.5. The number of benzene rings is 2. The third-order valence-electron chi connectivity index (χ3n) is 9.08. The minimum atomic E-state index is -0.675. The number of pyridine rings is 2. The molecule has 3 amide bonds. The van der Waals surface area contributed by atoms with Crippen molar-refractivity contribution in [2.24, 2.45) is 0 Å². The van der Waals surface area contributed by atoms with Gasteiger partial charge in [-0.15, -0.1) is 0 Å². The van der Waals surface area contributed by atoms with Crippen LogP contribution in [0, 0.1) is 0 Å². The smallest absolute Gasteiger partial charge is 0.410 e. The summed E-state index contributed by atoms with van der Waals surface area (Å²) in [6.45, 7) is 13.0. The summed E-state index contributed by atoms with van der Waals surface area (Å²) in [7, 11) is 0. The van der Waals surface area contributed by atoms with Crippen LogP contribution in [0.15, 0.2) is 104 Å². The summed E-state index contributed by atoms with van der Waals surface area (Å²) < 4.78 is 11.1. The van der Waals surface area contributed by atoms with E-state index in [9.17, 15) is 19.2 Å². The first-order valence-electron chi connectivity index (χ1n) is 19.8. The molecule has 0 radical (unpaired) electrons. The van der Waals surface area contributed by atoms with E-state index in [1.807, 2.05) is 63.2 Å². The number of piperazine rings is 1. The van der Waals surface area contributed by atoms with Gasteiger partial charge in [-0.2, -0.15) is 0 Å². The zero-order chi connectivity index (χ0) is 42.9. The first kappa shape index (κ1) is 42.7. The monoisotopic (exact) mass is 813 g/mol. The standard InChI is InChI=1S/C45H51N9O6/c1-44(2,3)59-40(55)28-34(23-30-11-8-7-9-12-30)49-41(56)32-13-10-14-33(24-32)42(57)50-35-26-36(51-37(27-35)52-38-29-46-17-18-47-38)31-15-16-48-39(25-31)53-19-21-54(22-20-53)43(58)60-45(4,5)6/h7-18,24-27,29,34H,19-23,28H2,1-6H3,(H,49,56)(H2,47,50,51,52,57)/t34-/m0/s1. The summed E-state index contributed by atoms with van der Waals surface area (Å²) in [5, 5.41) is 9.12. The zero-order valence-electron chi connectivity index (χ0n) is 34.8. The predicted molar refractivity (Wildman–Crippen MR) is 229 cm³/mol. The van der Waals surface area contributed by atoms with Gasteiger partial charge < -0.3 is 35.2 Å². The van der Waals surface area contributed by atoms with E-state index in [0.29, 0.717) is 61.4 Å². The van der Waals surface area contributed by atoms with Gasteiger partial charge in [0, 0.05) is 79.3 Å². The number of rotatable bonds is 12. The van der Waals surface area contributed by atoms with E-state index in [0.717, 1.165) is 11.1 Å². The lowest BCUT2D eigenvalue weighted by Gasteiger charge is -2.36. The third-order valence-corrected chi connectivity index (χ3v) is 9.08. The highest BCUT2D eigenvalue weighted by Crippen LogP contribution is 2.28. The molecule has 15 heteroatoms. The van der Waals surface area contributed by atoms with Crippen molar-refractivity contribution >= 4 is 47.0 Å². The molecule has 1 atom stereocenters. The second-order valence-electron chi connectivity index (χ2n) is 16.4. The van der Waals surface area contributed by atoms with Crippen molar-refractivity contribution in [3.8, 4) is 11.3 Å². The van der Waals surface area contributed by atoms with Crippen LogP contribution in [0.3, 0.4) is 0 Å². The van der Waals surface area contributed by atoms with Gasteiger partial charge in [0.05, 0.1) is 18.3 Å². The van der Waals surface area contributed by atoms with Gasteiger partial charge in [-0.1, -0.05) is 36.4 Å². The summed E-state index contributed by atoms with van der Waals surface area (Å²) in [6, 6.07) is 22.6. The van der Waals surface area contributed by atoms with E-state index in [1.54, 1.807) is 80.8 Å². The van der Waals surface area contributed by atoms with Gasteiger partial charge in [0.15, 0.2) is 0 Å². The largest absolute Gasteiger partial charge is 0.460 e. The molecule has 6 rings (SSSR count). The minimum Gasteiger partial charge on any atom is -0.460 e. The van der Waals surface area contributed by atoms with Crippen LogP contribution < -0.4 is 20.9 Å². The molecule has 4 heterocycles. The molecule has 0 aliphatic carbocycles. The van der Waals surface area contributed by atoms with Crippen LogP contribution in [0.1, 0.15) is 74.2 Å². The first-order chi connectivity index (χ1) is 28.6. The Morgan fingerprint density at radius 1 is 0.733 bits per heavy atom. The molecular formula is C45H51N9O6. The Kier molecular flexibility index (Phi) is 13.4. The maximum absolute atomic E-state index is 13.8. The van der Waals surface area contributed by atoms with Crippen LogP contribution in [-0.4, -0.2) is 92.1 Å². The number of amides is 3. The van der Waals surface area contributed by atoms with Gasteiger partial charge in [0.2, 0.25) is 0 Å². The number of nitrogens with zero attached hydrogens (tertiary/aromatic N) is 6. The molecule has 3 N–H and O–H groups in total. The average Bonchev–Trinajstić information content (AvgIpc) is 3.20. The molecule has 1 saturated heterocycles. The lowest BCUT2D eigenvalue weighted by atomic mass is 10.0. The second-order valence-corrected chi connectivity index (χ2v) is 16.4. The number of aromatic nitrogens is 4. The maximum Gasteiger partial charge on any atom is 0.410 e. The van der Waals surface area contributed by atoms with Crippen LogP contribution in [0.25, 0.3) is 11.3 Å². The Labute approximate surface area is 350 Å². The zero-order valence-corrected chi connectivity index (χ0v) is 34.8. The SMILES string of the molecule is CC(C)(C)OC(=O)C[C@H](Cc1ccccc1)NC(=O)c1cccc(C(=O)Nc2cc(Nc3cnccn3)nc(-c3ccnc(N4CCN(C(=O)OC(C)(C)C)CC4)c3)c2)c1. The van der Waals surface area contributed by atoms with E-state index < -0.39 is 35.0 Å². The number of hydrogen-bond donors (Lipinski definition) is 3. The molecule has 3 aromatic heterocycles. The number of hydrogen-bond acceptors (Lipinski definition) is 12. The topological polar surface area (TPSA) is 181 Å². The molecule has 0 spiro atoms. The molecule has 0 bridgehead atoms. The number of ether oxygens (including phenoxy) is 2. The van der Waals surface area contributed by atoms with Gasteiger partial charge in [-0.05, 0) is 89.9 Å². The molecule has 60 heavy (non-hydrogen) atoms. The van der Waals surface area contributed by atoms with Gasteiger partial charge in [0.1, 0.15) is 28.7 Å². The quantitative estimate of drug-likeness (QED) is 0.109. The van der Waals surface area contributed by atoms with Crippen molar-refractivity contribution in [2.75, 3.05) is 41.7 Å². The number of nitrogens with one attached hydrogen (secondary N) is 3. The number of carbonyl (C=O) groups is 4. The van der Waals surface area contributed by atoms with Crippen LogP contribution in [-0.2, 0) is 20.7 Å². The molecule has 0 saturated carbocycles. The van der Waals surface area contributed by atoms with E-state index in [-0.39, 0.29) is 23.6 Å². The van der Waals surface area contributed by atoms with Gasteiger partial charge >= 0.3 is 12.1 Å². The Morgan fingerprint density at radius 2 is 1.45 bits per heavy atom. The molecule has 1 aliphatic heterocycles. The van der Waals surface area contributed by atoms with Crippen LogP contribution in [0.2, 0.25) is 0 Å². The summed E-state index contributed by atoms with van der Waals surface area (Å²) >= 11 is 0. The van der Waals surface area contributed by atoms with Crippen molar-refractivity contribution in [2.45, 2.75) is 71.6 Å². The van der Waals surface area contributed by atoms with Gasteiger partial charge in [0.25, 0.3) is 11.8 Å². The molecule has 15 nitrogen and oxygen atoms in total. The molecule has 2 aromatic carbocycles. The summed E-state index contributed by atoms with van der Waals surface area (Å²) in [5.41, 5.74) is 1.90. The minimum absolute atomic E-state index is 0.0307. The highest BCUT2D eigenvalue weighted by molar-refractivity contribution is 6.06. The van der Waals surface area contributed by atoms with Crippen molar-refractivity contribution < 1.29 is 28.7 Å². The number of anilines is 4. The van der Waals surface area contributed by atoms with E-state index in [1.165, 1.54) is 6.07 Å². The fourth-order valence-electron chi connectivity index (χ4n) is 6.44. The molecule has 1 fully saturated rings. The first-order valence-corrected chi connectivity index (χ1v) is 19.8. The fourth-order valence-corrected chi connectivity index (χ4v) is 6.44. The third kappa shape index (κ3) is 12.5. The van der Waals surface area contributed by atoms with Crippen molar-refractivity contribution in [1.29, 1.82) is 0 Å². The Balaban J connectivity index is 1.20. The molecule has 0 unspecified atom stereocenters. The summed E-state index contributed by atoms with van der Waals surface area (Å²) in [6.07, 6.45) is 6.41. The predicted octanol–water partition coefficient (Wildman–Crippen LogP) is 7.06. The highest BCUT2D eigenvalue weighted by atomic mass is 16.6. The van der Waals surface area contributed by atoms with Crippen molar-refractivity contribution in [3.05, 3.63) is 120 Å². The molecule has 5 aromatic rings.